The second-order valence-corrected chi connectivity index (χ2v) is 17.3. The Labute approximate surface area is 319 Å². The van der Waals surface area contributed by atoms with E-state index in [0.29, 0.717) is 5.71 Å². The lowest BCUT2D eigenvalue weighted by Gasteiger charge is -2.32. The minimum atomic E-state index is -0.0365. The quantitative estimate of drug-likeness (QED) is 0.159. The van der Waals surface area contributed by atoms with Crippen LogP contribution in [0.5, 0.6) is 0 Å². The van der Waals surface area contributed by atoms with Crippen LogP contribution in [0.1, 0.15) is 95.6 Å². The van der Waals surface area contributed by atoms with Crippen LogP contribution in [-0.2, 0) is 11.8 Å². The van der Waals surface area contributed by atoms with Crippen LogP contribution in [0.2, 0.25) is 0 Å². The van der Waals surface area contributed by atoms with Gasteiger partial charge in [-0.15, -0.1) is 0 Å². The number of fused-ring (bicyclic) bond motifs is 13. The van der Waals surface area contributed by atoms with E-state index in [0.717, 1.165) is 58.3 Å². The molecular weight excluding hydrogens is 659 g/mol. The molecule has 0 saturated heterocycles. The van der Waals surface area contributed by atoms with Gasteiger partial charge in [-0.05, 0) is 112 Å². The summed E-state index contributed by atoms with van der Waals surface area (Å²) >= 11 is 0. The first kappa shape index (κ1) is 34.4. The predicted molar refractivity (Wildman–Crippen MR) is 222 cm³/mol. The number of aromatic nitrogens is 3. The lowest BCUT2D eigenvalue weighted by molar-refractivity contribution is -0.719. The zero-order chi connectivity index (χ0) is 37.8. The maximum absolute atomic E-state index is 6.98. The highest BCUT2D eigenvalue weighted by molar-refractivity contribution is 6.09. The van der Waals surface area contributed by atoms with Crippen molar-refractivity contribution >= 4 is 27.8 Å². The lowest BCUT2D eigenvalue weighted by Crippen LogP contribution is -2.49. The Morgan fingerprint density at radius 2 is 1.48 bits per heavy atom. The van der Waals surface area contributed by atoms with Crippen molar-refractivity contribution in [1.29, 1.82) is 0 Å². The van der Waals surface area contributed by atoms with Gasteiger partial charge in [-0.1, -0.05) is 68.8 Å². The number of benzene rings is 3. The summed E-state index contributed by atoms with van der Waals surface area (Å²) in [6.07, 6.45) is 7.54. The van der Waals surface area contributed by atoms with E-state index in [4.69, 9.17) is 16.0 Å². The normalized spacial score (nSPS) is 16.8. The molecule has 7 aromatic rings. The summed E-state index contributed by atoms with van der Waals surface area (Å²) in [5.74, 6) is 0.274. The molecule has 0 aliphatic carbocycles. The first-order valence-corrected chi connectivity index (χ1v) is 19.6. The van der Waals surface area contributed by atoms with Crippen molar-refractivity contribution in [2.24, 2.45) is 0 Å². The Morgan fingerprint density at radius 1 is 0.741 bits per heavy atom. The molecule has 54 heavy (non-hydrogen) atoms. The third-order valence-electron chi connectivity index (χ3n) is 12.5. The van der Waals surface area contributed by atoms with Crippen LogP contribution in [0, 0.1) is 41.5 Å². The number of hydrogen-bond acceptors (Lipinski definition) is 2. The van der Waals surface area contributed by atoms with E-state index < -0.39 is 0 Å². The minimum Gasteiger partial charge on any atom is -0.437 e. The fraction of sp³-hybridized carbons (Fsp3) is 0.300. The summed E-state index contributed by atoms with van der Waals surface area (Å²) in [5.41, 5.74) is 21.4. The van der Waals surface area contributed by atoms with Gasteiger partial charge in [0.1, 0.15) is 0 Å². The molecule has 2 aliphatic rings. The summed E-state index contributed by atoms with van der Waals surface area (Å²) < 4.78 is 12.0. The van der Waals surface area contributed by atoms with Crippen LogP contribution in [0.4, 0.5) is 0 Å². The van der Waals surface area contributed by atoms with E-state index >= 15 is 0 Å². The average molecular weight is 710 g/mol. The van der Waals surface area contributed by atoms with Crippen LogP contribution in [0.15, 0.2) is 96.2 Å². The van der Waals surface area contributed by atoms with Crippen molar-refractivity contribution in [3.8, 4) is 33.8 Å². The summed E-state index contributed by atoms with van der Waals surface area (Å²) in [7, 11) is 0. The van der Waals surface area contributed by atoms with E-state index in [1.54, 1.807) is 0 Å². The summed E-state index contributed by atoms with van der Waals surface area (Å²) in [6, 6.07) is 27.5. The van der Waals surface area contributed by atoms with Gasteiger partial charge in [0.25, 0.3) is 0 Å². The minimum absolute atomic E-state index is 0.0365. The van der Waals surface area contributed by atoms with Gasteiger partial charge in [0.15, 0.2) is 29.7 Å². The highest BCUT2D eigenvalue weighted by Gasteiger charge is 2.43. The number of rotatable bonds is 1. The van der Waals surface area contributed by atoms with Gasteiger partial charge in [-0.25, -0.2) is 4.98 Å². The molecule has 0 saturated carbocycles. The van der Waals surface area contributed by atoms with Crippen LogP contribution < -0.4 is 9.13 Å². The first-order valence-electron chi connectivity index (χ1n) is 19.6. The molecule has 4 heteroatoms. The zero-order valence-electron chi connectivity index (χ0n) is 33.3. The number of pyridine rings is 3. The molecule has 2 aliphatic heterocycles. The Hall–Kier alpha value is -5.35. The van der Waals surface area contributed by atoms with E-state index in [2.05, 4.69) is 157 Å². The Morgan fingerprint density at radius 3 is 2.24 bits per heavy atom. The third kappa shape index (κ3) is 5.36. The largest absolute Gasteiger partial charge is 0.437 e. The Balaban J connectivity index is 1.30. The maximum atomic E-state index is 6.98. The monoisotopic (exact) mass is 709 g/mol. The van der Waals surface area contributed by atoms with Gasteiger partial charge < -0.3 is 4.42 Å². The van der Waals surface area contributed by atoms with Crippen molar-refractivity contribution in [1.82, 2.24) is 4.98 Å². The number of nitrogens with zero attached hydrogens (tertiary/aromatic N) is 3. The molecule has 2 atom stereocenters. The SMILES string of the molecule is C=C1CC2c3cc(C)ccc3-c3cc(C)c(C)c[n+]3C2CCc2ccc3c(oc4nc(-c5c(C)cccc5C)ccc43)c2-c2cc(C)c(C(C)(C)C)c[n+]21. The molecule has 0 spiro atoms. The molecule has 3 aromatic carbocycles. The first-order chi connectivity index (χ1) is 25.8. The molecule has 270 valence electrons. The van der Waals surface area contributed by atoms with Crippen LogP contribution >= 0.6 is 0 Å². The molecule has 0 N–H and O–H groups in total. The molecule has 2 unspecified atom stereocenters. The van der Waals surface area contributed by atoms with E-state index in [9.17, 15) is 0 Å². The topological polar surface area (TPSA) is 33.8 Å². The average Bonchev–Trinajstić information content (AvgIpc) is 3.49. The van der Waals surface area contributed by atoms with Crippen molar-refractivity contribution in [3.63, 3.8) is 0 Å². The van der Waals surface area contributed by atoms with Gasteiger partial charge in [0, 0.05) is 58.0 Å². The maximum Gasteiger partial charge on any atom is 0.227 e. The van der Waals surface area contributed by atoms with Gasteiger partial charge in [-0.2, -0.15) is 9.13 Å². The molecule has 0 fully saturated rings. The van der Waals surface area contributed by atoms with E-state index in [1.807, 2.05) is 0 Å². The van der Waals surface area contributed by atoms with E-state index in [1.165, 1.54) is 66.9 Å². The standard InChI is InChI=1S/C50H51N3O/c1-28-14-17-36-39(22-28)40-25-34(7)52-27-41(50(8,9)10)32(5)24-45(52)47-35(16-21-43(40)53-26-33(6)31(4)23-44(36)53)15-18-37-38-19-20-42(51-49(38)54-48(37)47)46-29(2)12-11-13-30(46)3/h11-15,17-20,22-24,26-27,40,43H,7,16,21,25H2,1-6,8-10H3/q+2. The van der Waals surface area contributed by atoms with Crippen molar-refractivity contribution < 1.29 is 13.6 Å². The Kier molecular flexibility index (Phi) is 7.87. The molecular formula is C50H51N3O+2. The molecule has 4 aromatic heterocycles. The van der Waals surface area contributed by atoms with E-state index in [-0.39, 0.29) is 17.4 Å². The second kappa shape index (κ2) is 12.3. The smallest absolute Gasteiger partial charge is 0.227 e. The zero-order valence-corrected chi connectivity index (χ0v) is 33.3. The highest BCUT2D eigenvalue weighted by atomic mass is 16.3. The van der Waals surface area contributed by atoms with Gasteiger partial charge in [-0.3, -0.25) is 0 Å². The number of hydrogen-bond donors (Lipinski definition) is 0. The summed E-state index contributed by atoms with van der Waals surface area (Å²) in [4.78, 5) is 5.19. The summed E-state index contributed by atoms with van der Waals surface area (Å²) in [5, 5.41) is 2.14. The van der Waals surface area contributed by atoms with Gasteiger partial charge in [0.2, 0.25) is 17.1 Å². The van der Waals surface area contributed by atoms with Crippen molar-refractivity contribution in [2.45, 2.75) is 99.0 Å². The van der Waals surface area contributed by atoms with Crippen molar-refractivity contribution in [3.05, 3.63) is 142 Å². The molecule has 6 heterocycles. The molecule has 4 nitrogen and oxygen atoms in total. The fourth-order valence-electron chi connectivity index (χ4n) is 9.63. The van der Waals surface area contributed by atoms with Crippen LogP contribution in [-0.4, -0.2) is 4.98 Å². The third-order valence-corrected chi connectivity index (χ3v) is 12.5. The number of aryl methyl sites for hydroxylation is 7. The predicted octanol–water partition coefficient (Wildman–Crippen LogP) is 11.9. The van der Waals surface area contributed by atoms with Gasteiger partial charge in [0.05, 0.1) is 17.2 Å². The molecule has 0 bridgehead atoms. The highest BCUT2D eigenvalue weighted by Crippen LogP contribution is 2.46. The number of furan rings is 1. The van der Waals surface area contributed by atoms with Gasteiger partial charge >= 0.3 is 0 Å². The van der Waals surface area contributed by atoms with Crippen LogP contribution in [0.25, 0.3) is 61.5 Å². The van der Waals surface area contributed by atoms with Crippen LogP contribution in [0.3, 0.4) is 0 Å². The molecule has 0 amide bonds. The van der Waals surface area contributed by atoms with Crippen molar-refractivity contribution in [2.75, 3.05) is 0 Å². The fourth-order valence-corrected chi connectivity index (χ4v) is 9.63. The molecule has 9 rings (SSSR count). The lowest BCUT2D eigenvalue weighted by atomic mass is 9.76. The Bertz CT molecular complexity index is 2700. The number of allylic oxidation sites excluding steroid dienone is 1. The second-order valence-electron chi connectivity index (χ2n) is 17.3. The summed E-state index contributed by atoms with van der Waals surface area (Å²) in [6.45, 7) is 25.1. The molecule has 0 radical (unpaired) electrons.